The summed E-state index contributed by atoms with van der Waals surface area (Å²) in [7, 11) is 0. The summed E-state index contributed by atoms with van der Waals surface area (Å²) in [6.45, 7) is 2.13. The first-order chi connectivity index (χ1) is 16.4. The van der Waals surface area contributed by atoms with Crippen molar-refractivity contribution in [2.24, 2.45) is 28.9 Å². The quantitative estimate of drug-likeness (QED) is 0.0612. The van der Waals surface area contributed by atoms with Gasteiger partial charge in [0.25, 0.3) is 0 Å². The lowest BCUT2D eigenvalue weighted by Crippen LogP contribution is -2.57. The van der Waals surface area contributed by atoms with Crippen molar-refractivity contribution in [1.29, 1.82) is 5.41 Å². The van der Waals surface area contributed by atoms with E-state index in [1.54, 1.807) is 0 Å². The molecule has 0 aromatic rings. The topological polar surface area (TPSA) is 264 Å². The van der Waals surface area contributed by atoms with Crippen molar-refractivity contribution >= 4 is 29.5 Å². The average molecular weight is 501 g/mol. The van der Waals surface area contributed by atoms with Crippen molar-refractivity contribution < 1.29 is 29.4 Å². The Kier molecular flexibility index (Phi) is 12.6. The van der Waals surface area contributed by atoms with Crippen molar-refractivity contribution in [1.82, 2.24) is 15.5 Å². The summed E-state index contributed by atoms with van der Waals surface area (Å²) in [4.78, 5) is 51.8. The monoisotopic (exact) mass is 500 g/mol. The summed E-state index contributed by atoms with van der Waals surface area (Å²) in [5.74, 6) is -4.25. The minimum absolute atomic E-state index is 0.0917. The molecule has 0 aromatic carbocycles. The molecule has 14 nitrogen and oxygen atoms in total. The summed E-state index contributed by atoms with van der Waals surface area (Å²) in [6.07, 6.45) is 0.726. The van der Waals surface area contributed by atoms with Gasteiger partial charge in [-0.15, -0.1) is 0 Å². The molecule has 1 saturated heterocycles. The van der Waals surface area contributed by atoms with Gasteiger partial charge in [0.15, 0.2) is 11.7 Å². The number of likely N-dealkylation sites (tertiary alicyclic amines) is 1. The number of nitrogens with two attached hydrogens (primary N) is 4. The third-order valence-corrected chi connectivity index (χ3v) is 6.09. The molecule has 0 bridgehead atoms. The number of aliphatic carboxylic acids is 1. The van der Waals surface area contributed by atoms with Gasteiger partial charge in [0.1, 0.15) is 12.1 Å². The predicted molar refractivity (Wildman–Crippen MR) is 128 cm³/mol. The molecule has 1 aliphatic rings. The molecule has 13 N–H and O–H groups in total. The number of amides is 2. The summed E-state index contributed by atoms with van der Waals surface area (Å²) in [5.41, 5.74) is 22.7. The van der Waals surface area contributed by atoms with Crippen molar-refractivity contribution in [3.63, 3.8) is 0 Å². The first-order valence-corrected chi connectivity index (χ1v) is 11.8. The highest BCUT2D eigenvalue weighted by atomic mass is 16.4. The molecule has 0 aromatic heterocycles. The van der Waals surface area contributed by atoms with Crippen LogP contribution < -0.4 is 33.6 Å². The van der Waals surface area contributed by atoms with Gasteiger partial charge in [0, 0.05) is 19.0 Å². The summed E-state index contributed by atoms with van der Waals surface area (Å²) in [6, 6.07) is -4.63. The third-order valence-electron chi connectivity index (χ3n) is 6.09. The average Bonchev–Trinajstić information content (AvgIpc) is 3.29. The number of nitrogens with one attached hydrogen (secondary N) is 3. The number of hydrogen-bond donors (Lipinski definition) is 9. The Bertz CT molecular complexity index is 764. The fourth-order valence-electron chi connectivity index (χ4n) is 4.04. The van der Waals surface area contributed by atoms with Crippen molar-refractivity contribution in [2.75, 3.05) is 19.6 Å². The van der Waals surface area contributed by atoms with Gasteiger partial charge in [-0.3, -0.25) is 19.8 Å². The fourth-order valence-corrected chi connectivity index (χ4v) is 4.04. The molecule has 1 heterocycles. The highest BCUT2D eigenvalue weighted by Crippen LogP contribution is 2.23. The number of carboxylic acids is 1. The lowest BCUT2D eigenvalue weighted by molar-refractivity contribution is -0.145. The number of guanidine groups is 1. The summed E-state index contributed by atoms with van der Waals surface area (Å²) in [5, 5.41) is 31.3. The molecule has 0 saturated carbocycles. The van der Waals surface area contributed by atoms with Crippen molar-refractivity contribution in [2.45, 2.75) is 75.7 Å². The molecule has 6 atom stereocenters. The van der Waals surface area contributed by atoms with Crippen LogP contribution in [0.1, 0.15) is 45.4 Å². The smallest absolute Gasteiger partial charge is 0.326 e. The van der Waals surface area contributed by atoms with E-state index in [0.717, 1.165) is 0 Å². The van der Waals surface area contributed by atoms with E-state index in [-0.39, 0.29) is 38.4 Å². The highest BCUT2D eigenvalue weighted by Gasteiger charge is 2.42. The number of carbonyl (C=O) groups is 4. The van der Waals surface area contributed by atoms with Gasteiger partial charge in [-0.25, -0.2) is 4.79 Å². The lowest BCUT2D eigenvalue weighted by atomic mass is 9.85. The Balaban J connectivity index is 2.91. The molecule has 0 spiro atoms. The maximum atomic E-state index is 13.2. The molecule has 1 rings (SSSR count). The standard InChI is InChI=1S/C21H40N8O6/c1-11(30)15(23)17(31)12(5-2-8-22)16(24)19(33)29-10-4-7-14(29)18(32)28-13(20(34)35)6-3-9-27-21(25)26/h11-16,30H,2-10,22-24H2,1H3,(H,28,32)(H,34,35)(H4,25,26,27)/t11-,12?,13+,14+,15+,16+/m1/s1. The zero-order valence-corrected chi connectivity index (χ0v) is 20.1. The van der Waals surface area contributed by atoms with Gasteiger partial charge >= 0.3 is 5.97 Å². The number of aliphatic hydroxyl groups excluding tert-OH is 1. The van der Waals surface area contributed by atoms with Crippen LogP contribution in [0.3, 0.4) is 0 Å². The lowest BCUT2D eigenvalue weighted by Gasteiger charge is -2.31. The van der Waals surface area contributed by atoms with Crippen molar-refractivity contribution in [3.05, 3.63) is 0 Å². The van der Waals surface area contributed by atoms with E-state index < -0.39 is 59.8 Å². The van der Waals surface area contributed by atoms with Gasteiger partial charge in [0.2, 0.25) is 11.8 Å². The number of carbonyl (C=O) groups excluding carboxylic acids is 3. The maximum absolute atomic E-state index is 13.2. The Labute approximate surface area is 204 Å². The zero-order chi connectivity index (χ0) is 26.7. The number of nitrogens with zero attached hydrogens (tertiary/aromatic N) is 1. The second-order valence-electron chi connectivity index (χ2n) is 8.80. The van der Waals surface area contributed by atoms with E-state index in [1.165, 1.54) is 11.8 Å². The summed E-state index contributed by atoms with van der Waals surface area (Å²) < 4.78 is 0. The van der Waals surface area contributed by atoms with Crippen LogP contribution in [0.4, 0.5) is 0 Å². The van der Waals surface area contributed by atoms with Crippen LogP contribution in [0.25, 0.3) is 0 Å². The van der Waals surface area contributed by atoms with Gasteiger partial charge in [-0.2, -0.15) is 0 Å². The Hall–Kier alpha value is -2.81. The van der Waals surface area contributed by atoms with Crippen LogP contribution in [0, 0.1) is 11.3 Å². The highest BCUT2D eigenvalue weighted by molar-refractivity contribution is 5.96. The van der Waals surface area contributed by atoms with E-state index in [9.17, 15) is 29.4 Å². The van der Waals surface area contributed by atoms with Gasteiger partial charge < -0.3 is 48.7 Å². The third kappa shape index (κ3) is 9.05. The van der Waals surface area contributed by atoms with E-state index in [1.807, 2.05) is 0 Å². The van der Waals surface area contributed by atoms with Crippen LogP contribution in [-0.4, -0.2) is 94.5 Å². The fraction of sp³-hybridized carbons (Fsp3) is 0.762. The number of rotatable bonds is 15. The Morgan fingerprint density at radius 1 is 1.14 bits per heavy atom. The molecule has 14 heteroatoms. The van der Waals surface area contributed by atoms with Gasteiger partial charge in [-0.05, 0) is 52.0 Å². The van der Waals surface area contributed by atoms with Crippen LogP contribution in [-0.2, 0) is 19.2 Å². The molecule has 0 radical (unpaired) electrons. The molecule has 200 valence electrons. The molecule has 1 unspecified atom stereocenters. The van der Waals surface area contributed by atoms with Gasteiger partial charge in [0.05, 0.1) is 18.2 Å². The number of carboxylic acid groups (broad SMARTS) is 1. The normalized spacial score (nSPS) is 19.8. The predicted octanol–water partition coefficient (Wildman–Crippen LogP) is -3.23. The van der Waals surface area contributed by atoms with Crippen LogP contribution in [0.15, 0.2) is 0 Å². The number of hydrogen-bond acceptors (Lipinski definition) is 9. The van der Waals surface area contributed by atoms with E-state index in [2.05, 4.69) is 10.6 Å². The first-order valence-electron chi connectivity index (χ1n) is 11.8. The van der Waals surface area contributed by atoms with Crippen LogP contribution in [0.5, 0.6) is 0 Å². The van der Waals surface area contributed by atoms with Crippen LogP contribution >= 0.6 is 0 Å². The molecule has 35 heavy (non-hydrogen) atoms. The van der Waals surface area contributed by atoms with Crippen LogP contribution in [0.2, 0.25) is 0 Å². The Morgan fingerprint density at radius 3 is 2.34 bits per heavy atom. The first kappa shape index (κ1) is 30.2. The maximum Gasteiger partial charge on any atom is 0.326 e. The number of Topliss-reactive ketones (excluding diaryl/α,β-unsaturated/α-hetero) is 1. The van der Waals surface area contributed by atoms with E-state index in [0.29, 0.717) is 25.7 Å². The minimum Gasteiger partial charge on any atom is -0.480 e. The minimum atomic E-state index is -1.29. The molecular formula is C21H40N8O6. The SMILES string of the molecule is C[C@@H](O)[C@H](N)C(=O)C(CCCN)[C@H](N)C(=O)N1CCC[C@H]1C(=O)N[C@@H](CCCNC(=N)N)C(=O)O. The molecule has 1 aliphatic heterocycles. The van der Waals surface area contributed by atoms with Crippen molar-refractivity contribution in [3.8, 4) is 0 Å². The molecular weight excluding hydrogens is 460 g/mol. The number of aliphatic hydroxyl groups is 1. The zero-order valence-electron chi connectivity index (χ0n) is 20.1. The summed E-state index contributed by atoms with van der Waals surface area (Å²) >= 11 is 0. The number of ketones is 1. The van der Waals surface area contributed by atoms with Gasteiger partial charge in [-0.1, -0.05) is 0 Å². The second kappa shape index (κ2) is 14.6. The van der Waals surface area contributed by atoms with E-state index >= 15 is 0 Å². The molecule has 0 aliphatic carbocycles. The molecule has 2 amide bonds. The molecule has 1 fully saturated rings. The van der Waals surface area contributed by atoms with E-state index in [4.69, 9.17) is 28.3 Å². The Morgan fingerprint density at radius 2 is 1.80 bits per heavy atom. The second-order valence-corrected chi connectivity index (χ2v) is 8.80. The largest absolute Gasteiger partial charge is 0.480 e.